The van der Waals surface area contributed by atoms with Crippen LogP contribution in [0.3, 0.4) is 0 Å². The van der Waals surface area contributed by atoms with Crippen LogP contribution in [0.15, 0.2) is 30.3 Å². The Morgan fingerprint density at radius 3 is 3.05 bits per heavy atom. The van der Waals surface area contributed by atoms with Crippen LogP contribution in [0, 0.1) is 5.92 Å². The van der Waals surface area contributed by atoms with Crippen molar-refractivity contribution in [2.24, 2.45) is 5.92 Å². The molecule has 0 aliphatic carbocycles. The van der Waals surface area contributed by atoms with Gasteiger partial charge in [-0.1, -0.05) is 12.1 Å². The molecule has 0 saturated carbocycles. The summed E-state index contributed by atoms with van der Waals surface area (Å²) in [4.78, 5) is 14.3. The fourth-order valence-electron chi connectivity index (χ4n) is 2.72. The first-order valence-corrected chi connectivity index (χ1v) is 7.40. The highest BCUT2D eigenvalue weighted by Gasteiger charge is 2.24. The zero-order valence-corrected chi connectivity index (χ0v) is 13.1. The molecule has 1 N–H and O–H groups in total. The number of carbonyl (C=O) groups is 1. The lowest BCUT2D eigenvalue weighted by molar-refractivity contribution is -0.125. The van der Waals surface area contributed by atoms with Gasteiger partial charge in [-0.25, -0.2) is 0 Å². The van der Waals surface area contributed by atoms with E-state index < -0.39 is 0 Å². The molecule has 2 rings (SSSR count). The van der Waals surface area contributed by atoms with Crippen molar-refractivity contribution in [2.75, 3.05) is 33.8 Å². The van der Waals surface area contributed by atoms with Crippen LogP contribution in [-0.2, 0) is 4.79 Å². The van der Waals surface area contributed by atoms with E-state index in [0.717, 1.165) is 42.9 Å². The molecule has 1 saturated heterocycles. The maximum atomic E-state index is 12.3. The summed E-state index contributed by atoms with van der Waals surface area (Å²) < 4.78 is 5.22. The van der Waals surface area contributed by atoms with Crippen LogP contribution in [-0.4, -0.2) is 44.6 Å². The predicted molar refractivity (Wildman–Crippen MR) is 85.3 cm³/mol. The second kappa shape index (κ2) is 7.27. The SMILES string of the molecule is CNCC1CCN(C(=O)C=C(C)c2cccc(OC)c2)C1. The van der Waals surface area contributed by atoms with E-state index in [-0.39, 0.29) is 5.91 Å². The Labute approximate surface area is 126 Å². The number of methoxy groups -OCH3 is 1. The van der Waals surface area contributed by atoms with Crippen molar-refractivity contribution in [1.82, 2.24) is 10.2 Å². The smallest absolute Gasteiger partial charge is 0.246 e. The number of hydrogen-bond acceptors (Lipinski definition) is 3. The van der Waals surface area contributed by atoms with Crippen LogP contribution >= 0.6 is 0 Å². The maximum Gasteiger partial charge on any atom is 0.246 e. The first-order valence-electron chi connectivity index (χ1n) is 7.40. The van der Waals surface area contributed by atoms with Gasteiger partial charge in [-0.05, 0) is 56.1 Å². The summed E-state index contributed by atoms with van der Waals surface area (Å²) in [5, 5.41) is 3.18. The lowest BCUT2D eigenvalue weighted by atomic mass is 10.1. The van der Waals surface area contributed by atoms with Gasteiger partial charge in [-0.2, -0.15) is 0 Å². The standard InChI is InChI=1S/C17H24N2O2/c1-13(15-5-4-6-16(10-15)21-3)9-17(20)19-8-7-14(12-19)11-18-2/h4-6,9-10,14,18H,7-8,11-12H2,1-3H3. The zero-order chi connectivity index (χ0) is 15.2. The van der Waals surface area contributed by atoms with Crippen molar-refractivity contribution < 1.29 is 9.53 Å². The number of benzene rings is 1. The highest BCUT2D eigenvalue weighted by molar-refractivity contribution is 5.95. The largest absolute Gasteiger partial charge is 0.497 e. The van der Waals surface area contributed by atoms with Gasteiger partial charge in [-0.15, -0.1) is 0 Å². The first kappa shape index (κ1) is 15.6. The van der Waals surface area contributed by atoms with Crippen molar-refractivity contribution in [3.63, 3.8) is 0 Å². The van der Waals surface area contributed by atoms with E-state index >= 15 is 0 Å². The third kappa shape index (κ3) is 4.08. The third-order valence-electron chi connectivity index (χ3n) is 3.96. The van der Waals surface area contributed by atoms with Gasteiger partial charge < -0.3 is 15.0 Å². The molecule has 1 amide bonds. The third-order valence-corrected chi connectivity index (χ3v) is 3.96. The number of carbonyl (C=O) groups excluding carboxylic acids is 1. The Kier molecular flexibility index (Phi) is 5.39. The molecule has 1 aliphatic rings. The fraction of sp³-hybridized carbons (Fsp3) is 0.471. The van der Waals surface area contributed by atoms with Crippen molar-refractivity contribution in [3.8, 4) is 5.75 Å². The molecule has 1 aromatic rings. The molecule has 1 aromatic carbocycles. The molecule has 21 heavy (non-hydrogen) atoms. The Bertz CT molecular complexity index is 525. The average molecular weight is 288 g/mol. The number of nitrogens with one attached hydrogen (secondary N) is 1. The van der Waals surface area contributed by atoms with Crippen LogP contribution in [0.1, 0.15) is 18.9 Å². The van der Waals surface area contributed by atoms with Crippen LogP contribution in [0.4, 0.5) is 0 Å². The van der Waals surface area contributed by atoms with Crippen LogP contribution in [0.25, 0.3) is 5.57 Å². The summed E-state index contributed by atoms with van der Waals surface area (Å²) in [6.07, 6.45) is 2.81. The van der Waals surface area contributed by atoms with E-state index in [1.807, 2.05) is 43.1 Å². The van der Waals surface area contributed by atoms with Crippen LogP contribution in [0.5, 0.6) is 5.75 Å². The minimum absolute atomic E-state index is 0.105. The summed E-state index contributed by atoms with van der Waals surface area (Å²) in [6, 6.07) is 7.79. The minimum Gasteiger partial charge on any atom is -0.497 e. The number of likely N-dealkylation sites (tertiary alicyclic amines) is 1. The van der Waals surface area contributed by atoms with Crippen LogP contribution < -0.4 is 10.1 Å². The Hall–Kier alpha value is -1.81. The zero-order valence-electron chi connectivity index (χ0n) is 13.1. The minimum atomic E-state index is 0.105. The van der Waals surface area contributed by atoms with E-state index in [1.54, 1.807) is 13.2 Å². The molecule has 1 fully saturated rings. The molecule has 4 heteroatoms. The molecular weight excluding hydrogens is 264 g/mol. The summed E-state index contributed by atoms with van der Waals surface area (Å²) in [6.45, 7) is 4.64. The molecule has 0 aromatic heterocycles. The quantitative estimate of drug-likeness (QED) is 0.844. The number of ether oxygens (including phenoxy) is 1. The van der Waals surface area contributed by atoms with E-state index in [0.29, 0.717) is 5.92 Å². The summed E-state index contributed by atoms with van der Waals surface area (Å²) in [5.41, 5.74) is 1.99. The summed E-state index contributed by atoms with van der Waals surface area (Å²) in [5.74, 6) is 1.49. The van der Waals surface area contributed by atoms with E-state index in [4.69, 9.17) is 4.74 Å². The second-order valence-electron chi connectivity index (χ2n) is 5.56. The van der Waals surface area contributed by atoms with E-state index in [2.05, 4.69) is 5.32 Å². The molecular formula is C17H24N2O2. The lowest BCUT2D eigenvalue weighted by Gasteiger charge is -2.15. The van der Waals surface area contributed by atoms with Gasteiger partial charge in [0, 0.05) is 19.2 Å². The topological polar surface area (TPSA) is 41.6 Å². The molecule has 0 radical (unpaired) electrons. The van der Waals surface area contributed by atoms with E-state index in [1.165, 1.54) is 0 Å². The van der Waals surface area contributed by atoms with Gasteiger partial charge in [0.1, 0.15) is 5.75 Å². The Morgan fingerprint density at radius 1 is 1.52 bits per heavy atom. The molecule has 0 bridgehead atoms. The number of allylic oxidation sites excluding steroid dienone is 1. The van der Waals surface area contributed by atoms with Crippen molar-refractivity contribution in [2.45, 2.75) is 13.3 Å². The summed E-state index contributed by atoms with van der Waals surface area (Å²) >= 11 is 0. The number of hydrogen-bond donors (Lipinski definition) is 1. The van der Waals surface area contributed by atoms with Gasteiger partial charge in [-0.3, -0.25) is 4.79 Å². The highest BCUT2D eigenvalue weighted by atomic mass is 16.5. The molecule has 1 heterocycles. The van der Waals surface area contributed by atoms with Gasteiger partial charge in [0.05, 0.1) is 7.11 Å². The normalized spacial score (nSPS) is 18.9. The number of amides is 1. The molecule has 114 valence electrons. The Balaban J connectivity index is 2.03. The van der Waals surface area contributed by atoms with Gasteiger partial charge in [0.2, 0.25) is 5.91 Å². The predicted octanol–water partition coefficient (Wildman–Crippen LogP) is 2.17. The van der Waals surface area contributed by atoms with Crippen molar-refractivity contribution >= 4 is 11.5 Å². The molecule has 4 nitrogen and oxygen atoms in total. The fourth-order valence-corrected chi connectivity index (χ4v) is 2.72. The van der Waals surface area contributed by atoms with Crippen molar-refractivity contribution in [3.05, 3.63) is 35.9 Å². The molecule has 1 unspecified atom stereocenters. The summed E-state index contributed by atoms with van der Waals surface area (Å²) in [7, 11) is 3.60. The van der Waals surface area contributed by atoms with Gasteiger partial charge >= 0.3 is 0 Å². The van der Waals surface area contributed by atoms with E-state index in [9.17, 15) is 4.79 Å². The molecule has 0 spiro atoms. The molecule has 1 aliphatic heterocycles. The van der Waals surface area contributed by atoms with Crippen LogP contribution in [0.2, 0.25) is 0 Å². The maximum absolute atomic E-state index is 12.3. The number of nitrogens with zero attached hydrogens (tertiary/aromatic N) is 1. The average Bonchev–Trinajstić information content (AvgIpc) is 2.96. The lowest BCUT2D eigenvalue weighted by Crippen LogP contribution is -2.29. The van der Waals surface area contributed by atoms with Crippen molar-refractivity contribution in [1.29, 1.82) is 0 Å². The van der Waals surface area contributed by atoms with Gasteiger partial charge in [0.25, 0.3) is 0 Å². The van der Waals surface area contributed by atoms with Gasteiger partial charge in [0.15, 0.2) is 0 Å². The Morgan fingerprint density at radius 2 is 2.33 bits per heavy atom. The monoisotopic (exact) mass is 288 g/mol. The highest BCUT2D eigenvalue weighted by Crippen LogP contribution is 2.21. The molecule has 1 atom stereocenters. The second-order valence-corrected chi connectivity index (χ2v) is 5.56. The first-order chi connectivity index (χ1) is 10.1. The number of rotatable bonds is 5.